The van der Waals surface area contributed by atoms with Crippen molar-refractivity contribution in [2.45, 2.75) is 32.9 Å². The first-order valence-corrected chi connectivity index (χ1v) is 9.07. The molecule has 0 radical (unpaired) electrons. The van der Waals surface area contributed by atoms with Gasteiger partial charge in [-0.2, -0.15) is 0 Å². The van der Waals surface area contributed by atoms with Crippen molar-refractivity contribution in [3.8, 4) is 0 Å². The number of hydrogen-bond donors (Lipinski definition) is 1. The molecule has 1 fully saturated rings. The molecule has 2 amide bonds. The van der Waals surface area contributed by atoms with Crippen LogP contribution in [0.4, 0.5) is 4.79 Å². The third-order valence-electron chi connectivity index (χ3n) is 4.10. The SMILES string of the molecule is CCCO[C@H](C)CNC(=O)N1CCN(Cc2cccc(Cl)c2)CC1. The first-order chi connectivity index (χ1) is 11.6. The maximum atomic E-state index is 12.2. The predicted molar refractivity (Wildman–Crippen MR) is 97.4 cm³/mol. The van der Waals surface area contributed by atoms with Crippen molar-refractivity contribution in [2.75, 3.05) is 39.3 Å². The molecule has 0 aromatic heterocycles. The summed E-state index contributed by atoms with van der Waals surface area (Å²) in [7, 11) is 0. The van der Waals surface area contributed by atoms with Crippen molar-refractivity contribution in [3.05, 3.63) is 34.9 Å². The van der Waals surface area contributed by atoms with Gasteiger partial charge in [-0.25, -0.2) is 4.79 Å². The lowest BCUT2D eigenvalue weighted by Gasteiger charge is -2.35. The summed E-state index contributed by atoms with van der Waals surface area (Å²) in [5, 5.41) is 3.73. The van der Waals surface area contributed by atoms with Crippen LogP contribution in [0.15, 0.2) is 24.3 Å². The number of halogens is 1. The van der Waals surface area contributed by atoms with Crippen LogP contribution in [-0.4, -0.2) is 61.3 Å². The molecule has 24 heavy (non-hydrogen) atoms. The standard InChI is InChI=1S/C18H28ClN3O2/c1-3-11-24-15(2)13-20-18(23)22-9-7-21(8-10-22)14-16-5-4-6-17(19)12-16/h4-6,12,15H,3,7-11,13-14H2,1-2H3,(H,20,23)/t15-/m1/s1. The van der Waals surface area contributed by atoms with Gasteiger partial charge in [0.25, 0.3) is 0 Å². The van der Waals surface area contributed by atoms with Gasteiger partial charge >= 0.3 is 6.03 Å². The van der Waals surface area contributed by atoms with Gasteiger partial charge in [-0.05, 0) is 31.0 Å². The fourth-order valence-electron chi connectivity index (χ4n) is 2.72. The Morgan fingerprint density at radius 3 is 2.75 bits per heavy atom. The Morgan fingerprint density at radius 1 is 1.33 bits per heavy atom. The number of hydrogen-bond acceptors (Lipinski definition) is 3. The number of benzene rings is 1. The summed E-state index contributed by atoms with van der Waals surface area (Å²) in [4.78, 5) is 16.4. The maximum Gasteiger partial charge on any atom is 0.317 e. The number of ether oxygens (including phenoxy) is 1. The number of amides is 2. The summed E-state index contributed by atoms with van der Waals surface area (Å²) in [6, 6.07) is 7.95. The molecule has 2 rings (SSSR count). The molecule has 1 aliphatic rings. The van der Waals surface area contributed by atoms with Gasteiger partial charge in [0.05, 0.1) is 6.10 Å². The largest absolute Gasteiger partial charge is 0.377 e. The maximum absolute atomic E-state index is 12.2. The van der Waals surface area contributed by atoms with E-state index in [1.54, 1.807) is 0 Å². The molecule has 0 spiro atoms. The van der Waals surface area contributed by atoms with E-state index in [0.717, 1.165) is 50.8 Å². The molecular weight excluding hydrogens is 326 g/mol. The molecule has 0 aliphatic carbocycles. The minimum Gasteiger partial charge on any atom is -0.377 e. The highest BCUT2D eigenvalue weighted by Crippen LogP contribution is 2.14. The van der Waals surface area contributed by atoms with Gasteiger partial charge in [-0.3, -0.25) is 4.90 Å². The topological polar surface area (TPSA) is 44.8 Å². The molecule has 1 heterocycles. The van der Waals surface area contributed by atoms with E-state index in [0.29, 0.717) is 6.54 Å². The lowest BCUT2D eigenvalue weighted by molar-refractivity contribution is 0.0654. The summed E-state index contributed by atoms with van der Waals surface area (Å²) in [5.74, 6) is 0. The quantitative estimate of drug-likeness (QED) is 0.819. The third-order valence-corrected chi connectivity index (χ3v) is 4.34. The minimum absolute atomic E-state index is 0.00403. The van der Waals surface area contributed by atoms with E-state index in [2.05, 4.69) is 23.2 Å². The van der Waals surface area contributed by atoms with Gasteiger partial charge in [0.2, 0.25) is 0 Å². The van der Waals surface area contributed by atoms with Crippen LogP contribution in [0.1, 0.15) is 25.8 Å². The van der Waals surface area contributed by atoms with E-state index < -0.39 is 0 Å². The Bertz CT molecular complexity index is 519. The van der Waals surface area contributed by atoms with Crippen LogP contribution >= 0.6 is 11.6 Å². The van der Waals surface area contributed by atoms with Crippen LogP contribution in [0.2, 0.25) is 5.02 Å². The number of nitrogens with zero attached hydrogens (tertiary/aromatic N) is 2. The fourth-order valence-corrected chi connectivity index (χ4v) is 2.94. The van der Waals surface area contributed by atoms with Gasteiger partial charge in [0.15, 0.2) is 0 Å². The molecular formula is C18H28ClN3O2. The summed E-state index contributed by atoms with van der Waals surface area (Å²) >= 11 is 6.03. The van der Waals surface area contributed by atoms with Crippen LogP contribution in [-0.2, 0) is 11.3 Å². The van der Waals surface area contributed by atoms with Crippen molar-refractivity contribution < 1.29 is 9.53 Å². The predicted octanol–water partition coefficient (Wildman–Crippen LogP) is 2.98. The number of nitrogens with one attached hydrogen (secondary N) is 1. The normalized spacial score (nSPS) is 16.9. The Morgan fingerprint density at radius 2 is 2.08 bits per heavy atom. The fraction of sp³-hybridized carbons (Fsp3) is 0.611. The van der Waals surface area contributed by atoms with Crippen LogP contribution in [0.3, 0.4) is 0 Å². The van der Waals surface area contributed by atoms with Crippen molar-refractivity contribution in [1.29, 1.82) is 0 Å². The van der Waals surface area contributed by atoms with Crippen LogP contribution in [0.25, 0.3) is 0 Å². The molecule has 6 heteroatoms. The van der Waals surface area contributed by atoms with E-state index in [1.807, 2.05) is 30.0 Å². The van der Waals surface area contributed by atoms with Gasteiger partial charge in [0, 0.05) is 50.9 Å². The highest BCUT2D eigenvalue weighted by Gasteiger charge is 2.21. The molecule has 1 saturated heterocycles. The van der Waals surface area contributed by atoms with Crippen molar-refractivity contribution >= 4 is 17.6 Å². The molecule has 1 aromatic carbocycles. The summed E-state index contributed by atoms with van der Waals surface area (Å²) < 4.78 is 5.57. The zero-order valence-electron chi connectivity index (χ0n) is 14.6. The zero-order valence-corrected chi connectivity index (χ0v) is 15.4. The summed E-state index contributed by atoms with van der Waals surface area (Å²) in [6.45, 7) is 9.47. The van der Waals surface area contributed by atoms with Crippen LogP contribution < -0.4 is 5.32 Å². The molecule has 1 N–H and O–H groups in total. The second-order valence-electron chi connectivity index (χ2n) is 6.26. The van der Waals surface area contributed by atoms with E-state index in [-0.39, 0.29) is 12.1 Å². The number of rotatable bonds is 7. The molecule has 5 nitrogen and oxygen atoms in total. The first kappa shape index (κ1) is 19.0. The lowest BCUT2D eigenvalue weighted by Crippen LogP contribution is -2.52. The second-order valence-corrected chi connectivity index (χ2v) is 6.70. The van der Waals surface area contributed by atoms with Gasteiger partial charge in [0.1, 0.15) is 0 Å². The smallest absolute Gasteiger partial charge is 0.317 e. The molecule has 134 valence electrons. The molecule has 0 unspecified atom stereocenters. The van der Waals surface area contributed by atoms with E-state index in [9.17, 15) is 4.79 Å². The number of carbonyl (C=O) groups is 1. The molecule has 1 aliphatic heterocycles. The zero-order chi connectivity index (χ0) is 17.4. The molecule has 0 bridgehead atoms. The average Bonchev–Trinajstić information content (AvgIpc) is 2.58. The summed E-state index contributed by atoms with van der Waals surface area (Å²) in [6.07, 6.45) is 1.05. The highest BCUT2D eigenvalue weighted by molar-refractivity contribution is 6.30. The Kier molecular flexibility index (Phi) is 7.82. The minimum atomic E-state index is 0.00403. The van der Waals surface area contributed by atoms with Gasteiger partial charge in [-0.1, -0.05) is 30.7 Å². The van der Waals surface area contributed by atoms with Crippen LogP contribution in [0.5, 0.6) is 0 Å². The van der Waals surface area contributed by atoms with Gasteiger partial charge in [-0.15, -0.1) is 0 Å². The van der Waals surface area contributed by atoms with E-state index in [4.69, 9.17) is 16.3 Å². The van der Waals surface area contributed by atoms with Gasteiger partial charge < -0.3 is 15.0 Å². The summed E-state index contributed by atoms with van der Waals surface area (Å²) in [5.41, 5.74) is 1.21. The molecule has 1 atom stereocenters. The second kappa shape index (κ2) is 9.87. The Hall–Kier alpha value is -1.30. The Labute approximate surface area is 149 Å². The van der Waals surface area contributed by atoms with E-state index >= 15 is 0 Å². The van der Waals surface area contributed by atoms with Crippen molar-refractivity contribution in [1.82, 2.24) is 15.1 Å². The first-order valence-electron chi connectivity index (χ1n) is 8.69. The average molecular weight is 354 g/mol. The Balaban J connectivity index is 1.69. The lowest BCUT2D eigenvalue weighted by atomic mass is 10.2. The van der Waals surface area contributed by atoms with Crippen molar-refractivity contribution in [2.24, 2.45) is 0 Å². The number of urea groups is 1. The number of piperazine rings is 1. The third kappa shape index (κ3) is 6.30. The van der Waals surface area contributed by atoms with Crippen molar-refractivity contribution in [3.63, 3.8) is 0 Å². The monoisotopic (exact) mass is 353 g/mol. The van der Waals surface area contributed by atoms with Crippen LogP contribution in [0, 0.1) is 0 Å². The van der Waals surface area contributed by atoms with E-state index in [1.165, 1.54) is 5.56 Å². The molecule has 0 saturated carbocycles. The highest BCUT2D eigenvalue weighted by atomic mass is 35.5. The molecule has 1 aromatic rings. The number of carbonyl (C=O) groups excluding carboxylic acids is 1.